The van der Waals surface area contributed by atoms with Crippen molar-refractivity contribution in [3.8, 4) is 63.6 Å². The Kier molecular flexibility index (Phi) is 17.4. The van der Waals surface area contributed by atoms with Crippen LogP contribution in [0.25, 0.3) is 17.2 Å². The molecular formula is C83H90N4O11S2. The van der Waals surface area contributed by atoms with Crippen LogP contribution in [-0.2, 0) is 50.9 Å². The van der Waals surface area contributed by atoms with E-state index in [2.05, 4.69) is 137 Å². The molecule has 1 saturated heterocycles. The molecule has 5 aromatic carbocycles. The van der Waals surface area contributed by atoms with Crippen LogP contribution in [0, 0.1) is 58.7 Å². The molecule has 5 aromatic rings. The largest absolute Gasteiger partial charge is 0.508 e. The van der Waals surface area contributed by atoms with Crippen LogP contribution < -0.4 is 35.9 Å². The average Bonchev–Trinajstić information content (AvgIpc) is 1.34. The number of dihydropyridines is 1. The number of phenolic OH excluding ortho intramolecular Hbond substituents is 2. The van der Waals surface area contributed by atoms with Gasteiger partial charge in [-0.1, -0.05) is 156 Å². The van der Waals surface area contributed by atoms with Crippen LogP contribution in [0.5, 0.6) is 28.7 Å². The Labute approximate surface area is 594 Å². The number of carbonyl (C=O) groups excluding carboxylic acids is 1. The van der Waals surface area contributed by atoms with Crippen LogP contribution in [0.2, 0.25) is 0 Å². The fourth-order valence-electron chi connectivity index (χ4n) is 21.0. The molecule has 3 saturated carbocycles. The minimum absolute atomic E-state index is 0.0213. The summed E-state index contributed by atoms with van der Waals surface area (Å²) < 4.78 is 34.9. The summed E-state index contributed by atoms with van der Waals surface area (Å²) in [6.45, 7) is 1.32. The lowest BCUT2D eigenvalue weighted by Gasteiger charge is -2.62. The number of benzene rings is 5. The molecule has 6 heterocycles. The first-order valence-corrected chi connectivity index (χ1v) is 38.8. The molecule has 520 valence electrons. The zero-order valence-electron chi connectivity index (χ0n) is 56.9. The van der Waals surface area contributed by atoms with Crippen molar-refractivity contribution < 1.29 is 54.0 Å². The first-order valence-electron chi connectivity index (χ1n) is 36.4. The van der Waals surface area contributed by atoms with Crippen LogP contribution in [0.1, 0.15) is 151 Å². The second-order valence-corrected chi connectivity index (χ2v) is 33.4. The number of allylic oxidation sites excluding steroid dienone is 4. The monoisotopic (exact) mass is 1380 g/mol. The number of ether oxygens (including phenoxy) is 5. The van der Waals surface area contributed by atoms with Gasteiger partial charge in [-0.3, -0.25) is 4.79 Å². The van der Waals surface area contributed by atoms with Crippen molar-refractivity contribution >= 4 is 33.6 Å². The van der Waals surface area contributed by atoms with Gasteiger partial charge in [-0.05, 0) is 139 Å². The molecular weight excluding hydrogens is 1290 g/mol. The van der Waals surface area contributed by atoms with Crippen LogP contribution >= 0.6 is 21.6 Å². The number of phenols is 2. The van der Waals surface area contributed by atoms with E-state index in [4.69, 9.17) is 29.4 Å². The lowest BCUT2D eigenvalue weighted by Crippen LogP contribution is -2.63. The molecule has 0 aromatic heterocycles. The van der Waals surface area contributed by atoms with Crippen molar-refractivity contribution in [3.63, 3.8) is 0 Å². The predicted molar refractivity (Wildman–Crippen MR) is 388 cm³/mol. The van der Waals surface area contributed by atoms with E-state index in [1.54, 1.807) is 13.2 Å². The second-order valence-electron chi connectivity index (χ2n) is 30.8. The van der Waals surface area contributed by atoms with Crippen molar-refractivity contribution in [1.82, 2.24) is 16.0 Å². The molecule has 6 aliphatic carbocycles. The lowest BCUT2D eigenvalue weighted by atomic mass is 9.43. The molecule has 10 N–H and O–H groups in total. The molecule has 3 spiro atoms. The SMILES string of the molecule is COC[C@H]1[C@@H](CO)CNCc2c(O)c3c(c4c2[C@@H]2C#CC5=C(C=CC(N)N5)[C@H]5[C@@]6(C=C[C@@]7(O)CCCC[C@]57c5cccc(c5)C[C@H]1C#C2)CC[C@]1(Cc2cc(O)cc(OCO)c2-c2ccc5c(c21)O[C@H]4[C@H]5COC(C)=O)C6)C=C[C@@H]1N[C@@H]2CCC[C@@H](CSS[C@@H](Cc4ccccc4)[C@@H]1O3)C2. The van der Waals surface area contributed by atoms with Gasteiger partial charge >= 0.3 is 5.97 Å². The van der Waals surface area contributed by atoms with Gasteiger partial charge in [-0.2, -0.15) is 0 Å². The van der Waals surface area contributed by atoms with Crippen LogP contribution in [0.3, 0.4) is 0 Å². The third kappa shape index (κ3) is 11.0. The van der Waals surface area contributed by atoms with Gasteiger partial charge in [-0.25, -0.2) is 0 Å². The minimum atomic E-state index is -1.32. The Balaban J connectivity index is 1.01. The number of hydrogen-bond acceptors (Lipinski definition) is 17. The molecule has 12 aliphatic rings. The van der Waals surface area contributed by atoms with Crippen molar-refractivity contribution in [2.75, 3.05) is 46.0 Å². The summed E-state index contributed by atoms with van der Waals surface area (Å²) in [6, 6.07) is 27.2. The number of nitrogens with one attached hydrogen (secondary N) is 3. The topological polar surface area (TPSA) is 226 Å². The van der Waals surface area contributed by atoms with E-state index in [0.717, 1.165) is 82.4 Å². The third-order valence-corrected chi connectivity index (χ3v) is 28.1. The highest BCUT2D eigenvalue weighted by Crippen LogP contribution is 2.72. The summed E-state index contributed by atoms with van der Waals surface area (Å²) in [7, 11) is 5.52. The molecule has 6 aliphatic heterocycles. The quantitative estimate of drug-likeness (QED) is 0.0220. The minimum Gasteiger partial charge on any atom is -0.508 e. The molecule has 17 atom stereocenters. The van der Waals surface area contributed by atoms with E-state index in [1.807, 2.05) is 33.7 Å². The first-order chi connectivity index (χ1) is 48.7. The van der Waals surface area contributed by atoms with Crippen molar-refractivity contribution in [2.24, 2.45) is 40.7 Å². The van der Waals surface area contributed by atoms with E-state index < -0.39 is 76.7 Å². The summed E-state index contributed by atoms with van der Waals surface area (Å²) in [6.07, 6.45) is 22.0. The number of rotatable bonds is 9. The molecule has 11 bridgehead atoms. The van der Waals surface area contributed by atoms with E-state index in [9.17, 15) is 30.3 Å². The van der Waals surface area contributed by atoms with Gasteiger partial charge in [0.2, 0.25) is 0 Å². The number of aromatic hydroxyl groups is 2. The Morgan fingerprint density at radius 3 is 2.62 bits per heavy atom. The maximum absolute atomic E-state index is 14.2. The van der Waals surface area contributed by atoms with Gasteiger partial charge in [0.25, 0.3) is 0 Å². The average molecular weight is 1380 g/mol. The van der Waals surface area contributed by atoms with E-state index >= 15 is 0 Å². The number of fused-ring (bicyclic) bond motifs is 12. The maximum atomic E-state index is 14.2. The van der Waals surface area contributed by atoms with Crippen LogP contribution in [0.4, 0.5) is 0 Å². The molecule has 100 heavy (non-hydrogen) atoms. The fraction of sp³-hybridized carbons (Fsp3) is 0.482. The van der Waals surface area contributed by atoms with Gasteiger partial charge in [0.1, 0.15) is 42.0 Å². The number of hydrogen-bond donors (Lipinski definition) is 9. The van der Waals surface area contributed by atoms with Gasteiger partial charge < -0.3 is 70.9 Å². The number of aliphatic hydroxyl groups is 3. The fourth-order valence-corrected chi connectivity index (χ4v) is 24.2. The predicted octanol–water partition coefficient (Wildman–Crippen LogP) is 11.5. The second kappa shape index (κ2) is 26.3. The molecule has 4 fully saturated rings. The lowest BCUT2D eigenvalue weighted by molar-refractivity contribution is -0.141. The summed E-state index contributed by atoms with van der Waals surface area (Å²) in [5.41, 5.74) is 15.1. The Hall–Kier alpha value is -7.13. The number of carbonyl (C=O) groups is 1. The normalized spacial score (nSPS) is 34.4. The number of esters is 1. The Morgan fingerprint density at radius 1 is 0.890 bits per heavy atom. The van der Waals surface area contributed by atoms with Crippen molar-refractivity contribution in [2.45, 2.75) is 167 Å². The highest BCUT2D eigenvalue weighted by Gasteiger charge is 2.68. The highest BCUT2D eigenvalue weighted by molar-refractivity contribution is 8.77. The Morgan fingerprint density at radius 2 is 1.77 bits per heavy atom. The summed E-state index contributed by atoms with van der Waals surface area (Å²) >= 11 is 0. The van der Waals surface area contributed by atoms with Gasteiger partial charge in [0.15, 0.2) is 18.3 Å². The number of aliphatic hydroxyl groups excluding tert-OH is 2. The van der Waals surface area contributed by atoms with Crippen molar-refractivity contribution in [3.05, 3.63) is 176 Å². The molecule has 0 radical (unpaired) electrons. The summed E-state index contributed by atoms with van der Waals surface area (Å²) in [4.78, 5) is 13.7. The first kappa shape index (κ1) is 66.1. The molecule has 0 amide bonds. The van der Waals surface area contributed by atoms with Crippen LogP contribution in [-0.4, -0.2) is 113 Å². The highest BCUT2D eigenvalue weighted by atomic mass is 33.1. The molecule has 17 heteroatoms. The van der Waals surface area contributed by atoms with Gasteiger partial charge in [0.05, 0.1) is 41.3 Å². The summed E-state index contributed by atoms with van der Waals surface area (Å²) in [5.74, 6) is 14.9. The summed E-state index contributed by atoms with van der Waals surface area (Å²) in [5, 5.41) is 74.3. The number of nitrogens with two attached hydrogens (primary N) is 1. The van der Waals surface area contributed by atoms with E-state index in [1.165, 1.54) is 18.9 Å². The number of methoxy groups -OCH3 is 1. The smallest absolute Gasteiger partial charge is 0.302 e. The van der Waals surface area contributed by atoms with Gasteiger partial charge in [-0.15, -0.1) is 0 Å². The molecule has 1 unspecified atom stereocenters. The van der Waals surface area contributed by atoms with Gasteiger partial charge in [0, 0.05) is 119 Å². The zero-order valence-corrected chi connectivity index (χ0v) is 58.5. The van der Waals surface area contributed by atoms with E-state index in [0.29, 0.717) is 116 Å². The van der Waals surface area contributed by atoms with Crippen molar-refractivity contribution in [1.29, 1.82) is 0 Å². The zero-order chi connectivity index (χ0) is 68.2. The molecule has 17 rings (SSSR count). The third-order valence-electron chi connectivity index (χ3n) is 25.2. The molecule has 15 nitrogen and oxygen atoms in total. The van der Waals surface area contributed by atoms with E-state index in [-0.39, 0.29) is 60.4 Å². The standard InChI is InChI=1S/C83H90N4O11S2/c1-47(90)95-43-64-58-19-20-60-70-53(36-57(91)37-67(70)96-46-89)38-81-29-28-80(45-81)30-31-82(93)26-6-7-27-83(82)55-14-8-12-49(33-55)32-52-17-16-51(18-23-65-59(79(80)83)22-25-69(84)87-65)71-62(40-85-39-54(41-88)63(52)42-94-2)74(92)77-61(72(71)75(64)97-76(58)73(60)81)21-24-66-78(98-77)68(35-48-10-4-3-5-11-48)100-99-44-50-13-9-15-56(34-50)86-66/h3-5,8,10-12,14,19-22,24-25,30-31,33,36-37,50-52,54,56,63-64,66,68-69,75,78-79,85-89,91-93H,6-7,9,13,15,26-29,32,34-35,38-46,84H2,1-2H3/t50-,51+,52-,54-,56-,63-,64+,66+,68+,69?,75+,78-,79+,80-,81+,82+,83+/m1/s1. The Bertz CT molecular complexity index is 4360. The van der Waals surface area contributed by atoms with Crippen LogP contribution in [0.15, 0.2) is 121 Å². The maximum Gasteiger partial charge on any atom is 0.302 e.